The summed E-state index contributed by atoms with van der Waals surface area (Å²) in [6, 6.07) is 3.44. The van der Waals surface area contributed by atoms with Crippen LogP contribution in [0.3, 0.4) is 0 Å². The lowest BCUT2D eigenvalue weighted by atomic mass is 10.2. The third kappa shape index (κ3) is 4.41. The van der Waals surface area contributed by atoms with Crippen LogP contribution in [-0.2, 0) is 0 Å². The molecular formula is C11H15ClN2OS. The quantitative estimate of drug-likeness (QED) is 0.826. The molecule has 5 heteroatoms. The van der Waals surface area contributed by atoms with E-state index < -0.39 is 0 Å². The van der Waals surface area contributed by atoms with Gasteiger partial charge in [-0.3, -0.25) is 4.79 Å². The highest BCUT2D eigenvalue weighted by molar-refractivity contribution is 7.99. The van der Waals surface area contributed by atoms with Crippen LogP contribution in [0.15, 0.2) is 18.3 Å². The summed E-state index contributed by atoms with van der Waals surface area (Å²) in [6.45, 7) is 4.09. The maximum atomic E-state index is 11.7. The van der Waals surface area contributed by atoms with Gasteiger partial charge in [0.2, 0.25) is 0 Å². The van der Waals surface area contributed by atoms with Crippen molar-refractivity contribution < 1.29 is 4.79 Å². The molecule has 88 valence electrons. The summed E-state index contributed by atoms with van der Waals surface area (Å²) in [4.78, 5) is 15.6. The molecule has 1 N–H and O–H groups in total. The Bertz CT molecular complexity index is 342. The Morgan fingerprint density at radius 3 is 2.94 bits per heavy atom. The first kappa shape index (κ1) is 13.3. The van der Waals surface area contributed by atoms with E-state index in [2.05, 4.69) is 17.2 Å². The maximum Gasteiger partial charge on any atom is 0.253 e. The summed E-state index contributed by atoms with van der Waals surface area (Å²) >= 11 is 7.45. The Hall–Kier alpha value is -0.740. The summed E-state index contributed by atoms with van der Waals surface area (Å²) in [6.07, 6.45) is 1.48. The molecule has 0 bridgehead atoms. The van der Waals surface area contributed by atoms with E-state index in [1.807, 2.05) is 6.92 Å². The number of rotatable bonds is 5. The molecule has 1 aromatic heterocycles. The number of pyridine rings is 1. The number of hydrogen-bond donors (Lipinski definition) is 1. The molecule has 0 spiro atoms. The lowest BCUT2D eigenvalue weighted by Crippen LogP contribution is -2.34. The monoisotopic (exact) mass is 258 g/mol. The minimum atomic E-state index is -0.103. The van der Waals surface area contributed by atoms with E-state index in [4.69, 9.17) is 11.6 Å². The SMILES string of the molecule is CCSCC(C)NC(=O)c1ccc(Cl)nc1. The van der Waals surface area contributed by atoms with Crippen LogP contribution in [-0.4, -0.2) is 28.4 Å². The van der Waals surface area contributed by atoms with Crippen LogP contribution in [0, 0.1) is 0 Å². The highest BCUT2D eigenvalue weighted by atomic mass is 35.5. The van der Waals surface area contributed by atoms with Gasteiger partial charge in [-0.1, -0.05) is 18.5 Å². The smallest absolute Gasteiger partial charge is 0.253 e. The molecule has 0 radical (unpaired) electrons. The van der Waals surface area contributed by atoms with Gasteiger partial charge in [0, 0.05) is 18.0 Å². The van der Waals surface area contributed by atoms with Gasteiger partial charge in [0.25, 0.3) is 5.91 Å². The molecule has 0 aliphatic rings. The number of halogens is 1. The molecule has 1 atom stereocenters. The topological polar surface area (TPSA) is 42.0 Å². The number of thioether (sulfide) groups is 1. The Labute approximate surface area is 105 Å². The van der Waals surface area contributed by atoms with E-state index in [0.717, 1.165) is 11.5 Å². The highest BCUT2D eigenvalue weighted by Crippen LogP contribution is 2.06. The fourth-order valence-corrected chi connectivity index (χ4v) is 1.94. The van der Waals surface area contributed by atoms with Gasteiger partial charge in [-0.05, 0) is 24.8 Å². The Morgan fingerprint density at radius 1 is 1.62 bits per heavy atom. The molecule has 1 amide bonds. The van der Waals surface area contributed by atoms with Crippen LogP contribution in [0.2, 0.25) is 5.15 Å². The maximum absolute atomic E-state index is 11.7. The summed E-state index contributed by atoms with van der Waals surface area (Å²) in [5.74, 6) is 1.87. The summed E-state index contributed by atoms with van der Waals surface area (Å²) in [7, 11) is 0. The minimum absolute atomic E-state index is 0.103. The van der Waals surface area contributed by atoms with Gasteiger partial charge in [-0.15, -0.1) is 0 Å². The van der Waals surface area contributed by atoms with Gasteiger partial charge in [0.1, 0.15) is 5.15 Å². The molecule has 0 aliphatic heterocycles. The molecular weight excluding hydrogens is 244 g/mol. The van der Waals surface area contributed by atoms with Gasteiger partial charge < -0.3 is 5.32 Å². The average molecular weight is 259 g/mol. The van der Waals surface area contributed by atoms with Crippen molar-refractivity contribution in [3.8, 4) is 0 Å². The van der Waals surface area contributed by atoms with Gasteiger partial charge in [0.15, 0.2) is 0 Å². The first-order chi connectivity index (χ1) is 7.63. The van der Waals surface area contributed by atoms with Crippen LogP contribution in [0.25, 0.3) is 0 Å². The first-order valence-electron chi connectivity index (χ1n) is 5.13. The van der Waals surface area contributed by atoms with Crippen molar-refractivity contribution in [2.24, 2.45) is 0 Å². The van der Waals surface area contributed by atoms with Gasteiger partial charge >= 0.3 is 0 Å². The molecule has 0 saturated carbocycles. The van der Waals surface area contributed by atoms with Crippen molar-refractivity contribution in [2.75, 3.05) is 11.5 Å². The third-order valence-electron chi connectivity index (χ3n) is 1.94. The van der Waals surface area contributed by atoms with E-state index in [1.54, 1.807) is 23.9 Å². The van der Waals surface area contributed by atoms with Gasteiger partial charge in [-0.25, -0.2) is 4.98 Å². The van der Waals surface area contributed by atoms with Crippen LogP contribution < -0.4 is 5.32 Å². The van der Waals surface area contributed by atoms with Crippen LogP contribution >= 0.6 is 23.4 Å². The molecule has 1 unspecified atom stereocenters. The predicted octanol–water partition coefficient (Wildman–Crippen LogP) is 2.61. The number of carbonyl (C=O) groups is 1. The van der Waals surface area contributed by atoms with Gasteiger partial charge in [0.05, 0.1) is 5.56 Å². The lowest BCUT2D eigenvalue weighted by Gasteiger charge is -2.12. The molecule has 0 aromatic carbocycles. The second-order valence-corrected chi connectivity index (χ2v) is 5.11. The van der Waals surface area contributed by atoms with Crippen molar-refractivity contribution >= 4 is 29.3 Å². The molecule has 3 nitrogen and oxygen atoms in total. The molecule has 1 rings (SSSR count). The zero-order chi connectivity index (χ0) is 12.0. The number of aromatic nitrogens is 1. The van der Waals surface area contributed by atoms with Crippen molar-refractivity contribution in [3.05, 3.63) is 29.0 Å². The number of hydrogen-bond acceptors (Lipinski definition) is 3. The molecule has 0 aliphatic carbocycles. The van der Waals surface area contributed by atoms with Crippen LogP contribution in [0.5, 0.6) is 0 Å². The molecule has 16 heavy (non-hydrogen) atoms. The second-order valence-electron chi connectivity index (χ2n) is 3.40. The minimum Gasteiger partial charge on any atom is -0.349 e. The largest absolute Gasteiger partial charge is 0.349 e. The molecule has 1 aromatic rings. The van der Waals surface area contributed by atoms with Crippen LogP contribution in [0.4, 0.5) is 0 Å². The lowest BCUT2D eigenvalue weighted by molar-refractivity contribution is 0.0943. The Morgan fingerprint density at radius 2 is 2.38 bits per heavy atom. The van der Waals surface area contributed by atoms with Crippen molar-refractivity contribution in [3.63, 3.8) is 0 Å². The highest BCUT2D eigenvalue weighted by Gasteiger charge is 2.09. The van der Waals surface area contributed by atoms with Crippen molar-refractivity contribution in [1.82, 2.24) is 10.3 Å². The fraction of sp³-hybridized carbons (Fsp3) is 0.455. The van der Waals surface area contributed by atoms with E-state index in [-0.39, 0.29) is 11.9 Å². The average Bonchev–Trinajstić information content (AvgIpc) is 2.27. The number of nitrogens with one attached hydrogen (secondary N) is 1. The van der Waals surface area contributed by atoms with E-state index in [0.29, 0.717) is 10.7 Å². The third-order valence-corrected chi connectivity index (χ3v) is 3.31. The molecule has 0 fully saturated rings. The zero-order valence-corrected chi connectivity index (χ0v) is 10.9. The fourth-order valence-electron chi connectivity index (χ4n) is 1.15. The van der Waals surface area contributed by atoms with E-state index >= 15 is 0 Å². The molecule has 1 heterocycles. The number of carbonyl (C=O) groups excluding carboxylic acids is 1. The summed E-state index contributed by atoms with van der Waals surface area (Å²) in [5, 5.41) is 3.30. The van der Waals surface area contributed by atoms with Crippen molar-refractivity contribution in [2.45, 2.75) is 19.9 Å². The second kappa shape index (κ2) is 6.76. The van der Waals surface area contributed by atoms with E-state index in [1.165, 1.54) is 6.20 Å². The van der Waals surface area contributed by atoms with Gasteiger partial charge in [-0.2, -0.15) is 11.8 Å². The zero-order valence-electron chi connectivity index (χ0n) is 9.37. The van der Waals surface area contributed by atoms with Crippen LogP contribution in [0.1, 0.15) is 24.2 Å². The Balaban J connectivity index is 2.48. The van der Waals surface area contributed by atoms with E-state index in [9.17, 15) is 4.79 Å². The normalized spacial score (nSPS) is 12.2. The predicted molar refractivity (Wildman–Crippen MR) is 69.2 cm³/mol. The summed E-state index contributed by atoms with van der Waals surface area (Å²) < 4.78 is 0. The standard InChI is InChI=1S/C11H15ClN2OS/c1-3-16-7-8(2)14-11(15)9-4-5-10(12)13-6-9/h4-6,8H,3,7H2,1-2H3,(H,14,15). The summed E-state index contributed by atoms with van der Waals surface area (Å²) in [5.41, 5.74) is 0.540. The number of amides is 1. The Kier molecular flexibility index (Phi) is 5.63. The molecule has 0 saturated heterocycles. The number of nitrogens with zero attached hydrogens (tertiary/aromatic N) is 1. The van der Waals surface area contributed by atoms with Crippen molar-refractivity contribution in [1.29, 1.82) is 0 Å². The first-order valence-corrected chi connectivity index (χ1v) is 6.67.